The second-order valence-electron chi connectivity index (χ2n) is 6.25. The molecule has 0 unspecified atom stereocenters. The molecule has 0 radical (unpaired) electrons. The number of carbonyl (C=O) groups excluding carboxylic acids is 1. The van der Waals surface area contributed by atoms with E-state index in [4.69, 9.17) is 14.2 Å². The van der Waals surface area contributed by atoms with Gasteiger partial charge in [-0.15, -0.1) is 0 Å². The van der Waals surface area contributed by atoms with Crippen molar-refractivity contribution in [3.63, 3.8) is 0 Å². The van der Waals surface area contributed by atoms with Gasteiger partial charge in [0.15, 0.2) is 11.6 Å². The van der Waals surface area contributed by atoms with Gasteiger partial charge in [0.25, 0.3) is 0 Å². The summed E-state index contributed by atoms with van der Waals surface area (Å²) in [6, 6.07) is 11.0. The van der Waals surface area contributed by atoms with Crippen LogP contribution in [0.4, 0.5) is 14.9 Å². The zero-order valence-electron chi connectivity index (χ0n) is 15.0. The average molecular weight is 389 g/mol. The number of carboxylic acids is 1. The van der Waals surface area contributed by atoms with Crippen molar-refractivity contribution in [2.75, 3.05) is 18.5 Å². The Balaban J connectivity index is 1.70. The number of hydrogen-bond acceptors (Lipinski definition) is 5. The van der Waals surface area contributed by atoms with E-state index in [0.717, 1.165) is 17.7 Å². The van der Waals surface area contributed by atoms with E-state index < -0.39 is 17.9 Å². The first kappa shape index (κ1) is 19.6. The average Bonchev–Trinajstić information content (AvgIpc) is 2.70. The van der Waals surface area contributed by atoms with Crippen molar-refractivity contribution in [1.82, 2.24) is 0 Å². The topological polar surface area (TPSA) is 94.1 Å². The summed E-state index contributed by atoms with van der Waals surface area (Å²) in [5, 5.41) is 11.7. The van der Waals surface area contributed by atoms with Crippen LogP contribution in [-0.2, 0) is 16.1 Å². The van der Waals surface area contributed by atoms with E-state index in [1.165, 1.54) is 0 Å². The normalized spacial score (nSPS) is 14.3. The van der Waals surface area contributed by atoms with Crippen molar-refractivity contribution in [2.24, 2.45) is 0 Å². The zero-order chi connectivity index (χ0) is 19.9. The van der Waals surface area contributed by atoms with Gasteiger partial charge < -0.3 is 19.3 Å². The highest BCUT2D eigenvalue weighted by atomic mass is 19.1. The third-order valence-corrected chi connectivity index (χ3v) is 4.21. The van der Waals surface area contributed by atoms with Gasteiger partial charge in [-0.05, 0) is 11.6 Å². The van der Waals surface area contributed by atoms with Gasteiger partial charge in [0, 0.05) is 18.9 Å². The van der Waals surface area contributed by atoms with Crippen LogP contribution in [0.5, 0.6) is 5.75 Å². The van der Waals surface area contributed by atoms with Crippen LogP contribution in [0.3, 0.4) is 0 Å². The fourth-order valence-electron chi connectivity index (χ4n) is 2.77. The Kier molecular flexibility index (Phi) is 6.44. The summed E-state index contributed by atoms with van der Waals surface area (Å²) in [6.45, 7) is 1.01. The maximum absolute atomic E-state index is 14.4. The number of nitrogens with one attached hydrogen (secondary N) is 1. The van der Waals surface area contributed by atoms with E-state index in [0.29, 0.717) is 26.1 Å². The van der Waals surface area contributed by atoms with Crippen molar-refractivity contribution >= 4 is 17.7 Å². The van der Waals surface area contributed by atoms with Crippen LogP contribution in [0.25, 0.3) is 0 Å². The van der Waals surface area contributed by atoms with E-state index in [2.05, 4.69) is 5.32 Å². The van der Waals surface area contributed by atoms with Crippen LogP contribution in [0, 0.1) is 5.82 Å². The molecular weight excluding hydrogens is 369 g/mol. The summed E-state index contributed by atoms with van der Waals surface area (Å²) in [5.41, 5.74) is 0.269. The number of hydrogen-bond donors (Lipinski definition) is 2. The lowest BCUT2D eigenvalue weighted by atomic mass is 10.1. The van der Waals surface area contributed by atoms with Gasteiger partial charge in [-0.1, -0.05) is 30.3 Å². The summed E-state index contributed by atoms with van der Waals surface area (Å²) in [5.74, 6) is -2.27. The summed E-state index contributed by atoms with van der Waals surface area (Å²) in [7, 11) is 0. The highest BCUT2D eigenvalue weighted by Crippen LogP contribution is 2.28. The second kappa shape index (κ2) is 9.18. The number of aromatic carboxylic acids is 1. The molecule has 148 valence electrons. The molecule has 2 aromatic rings. The first-order chi connectivity index (χ1) is 13.5. The van der Waals surface area contributed by atoms with Gasteiger partial charge in [-0.2, -0.15) is 0 Å². The second-order valence-corrected chi connectivity index (χ2v) is 6.25. The Hall–Kier alpha value is -3.13. The first-order valence-electron chi connectivity index (χ1n) is 8.82. The highest BCUT2D eigenvalue weighted by molar-refractivity contribution is 5.99. The lowest BCUT2D eigenvalue weighted by Gasteiger charge is -2.24. The number of carbonyl (C=O) groups is 2. The summed E-state index contributed by atoms with van der Waals surface area (Å²) < 4.78 is 30.3. The van der Waals surface area contributed by atoms with Crippen molar-refractivity contribution in [3.05, 3.63) is 59.4 Å². The molecule has 1 aliphatic heterocycles. The standard InChI is InChI=1S/C20H20FNO6/c21-16-11-17(22-20(25)27-12-13-4-2-1-3-5-13)15(19(23)24)10-18(16)28-14-6-8-26-9-7-14/h1-5,10-11,14H,6-9,12H2,(H,22,25)(H,23,24). The minimum Gasteiger partial charge on any atom is -0.487 e. The zero-order valence-corrected chi connectivity index (χ0v) is 15.0. The number of anilines is 1. The largest absolute Gasteiger partial charge is 0.487 e. The van der Waals surface area contributed by atoms with Crippen LogP contribution in [0.15, 0.2) is 42.5 Å². The molecule has 0 aromatic heterocycles. The fraction of sp³-hybridized carbons (Fsp3) is 0.300. The molecule has 8 heteroatoms. The lowest BCUT2D eigenvalue weighted by Crippen LogP contribution is -2.26. The summed E-state index contributed by atoms with van der Waals surface area (Å²) >= 11 is 0. The van der Waals surface area contributed by atoms with Crippen molar-refractivity contribution in [3.8, 4) is 5.75 Å². The minimum absolute atomic E-state index is 0.00249. The molecule has 2 N–H and O–H groups in total. The molecule has 1 heterocycles. The number of rotatable bonds is 6. The van der Waals surface area contributed by atoms with Gasteiger partial charge in [0.05, 0.1) is 24.5 Å². The van der Waals surface area contributed by atoms with Crippen LogP contribution in [0.2, 0.25) is 0 Å². The van der Waals surface area contributed by atoms with Gasteiger partial charge in [0.2, 0.25) is 0 Å². The van der Waals surface area contributed by atoms with Crippen LogP contribution < -0.4 is 10.1 Å². The molecule has 1 amide bonds. The van der Waals surface area contributed by atoms with Crippen molar-refractivity contribution < 1.29 is 33.3 Å². The maximum Gasteiger partial charge on any atom is 0.411 e. The number of carboxylic acid groups (broad SMARTS) is 1. The lowest BCUT2D eigenvalue weighted by molar-refractivity contribution is 0.0239. The molecule has 0 saturated carbocycles. The molecule has 1 saturated heterocycles. The number of benzene rings is 2. The molecule has 7 nitrogen and oxygen atoms in total. The molecule has 2 aromatic carbocycles. The fourth-order valence-corrected chi connectivity index (χ4v) is 2.77. The Morgan fingerprint density at radius 1 is 1.18 bits per heavy atom. The van der Waals surface area contributed by atoms with Crippen LogP contribution in [0.1, 0.15) is 28.8 Å². The van der Waals surface area contributed by atoms with Crippen LogP contribution >= 0.6 is 0 Å². The Morgan fingerprint density at radius 2 is 1.89 bits per heavy atom. The molecular formula is C20H20FNO6. The third-order valence-electron chi connectivity index (χ3n) is 4.21. The minimum atomic E-state index is -1.32. The molecule has 0 atom stereocenters. The van der Waals surface area contributed by atoms with E-state index in [9.17, 15) is 19.1 Å². The van der Waals surface area contributed by atoms with Crippen LogP contribution in [-0.4, -0.2) is 36.5 Å². The maximum atomic E-state index is 14.4. The molecule has 28 heavy (non-hydrogen) atoms. The summed E-state index contributed by atoms with van der Waals surface area (Å²) in [6.07, 6.45) is 0.0461. The van der Waals surface area contributed by atoms with E-state index in [-0.39, 0.29) is 29.7 Å². The predicted molar refractivity (Wildman–Crippen MR) is 98.1 cm³/mol. The Morgan fingerprint density at radius 3 is 2.57 bits per heavy atom. The molecule has 0 bridgehead atoms. The Labute approximate surface area is 161 Å². The molecule has 0 spiro atoms. The molecule has 0 aliphatic carbocycles. The Bertz CT molecular complexity index is 836. The van der Waals surface area contributed by atoms with E-state index in [1.54, 1.807) is 24.3 Å². The number of amides is 1. The monoisotopic (exact) mass is 389 g/mol. The predicted octanol–water partition coefficient (Wildman–Crippen LogP) is 3.83. The summed E-state index contributed by atoms with van der Waals surface area (Å²) in [4.78, 5) is 23.5. The SMILES string of the molecule is O=C(Nc1cc(F)c(OC2CCOCC2)cc1C(=O)O)OCc1ccccc1. The number of halogens is 1. The smallest absolute Gasteiger partial charge is 0.411 e. The van der Waals surface area contributed by atoms with Gasteiger partial charge in [0.1, 0.15) is 12.7 Å². The van der Waals surface area contributed by atoms with Gasteiger partial charge >= 0.3 is 12.1 Å². The van der Waals surface area contributed by atoms with Crippen molar-refractivity contribution in [2.45, 2.75) is 25.6 Å². The van der Waals surface area contributed by atoms with Gasteiger partial charge in [-0.25, -0.2) is 14.0 Å². The molecule has 3 rings (SSSR count). The third kappa shape index (κ3) is 5.20. The molecule has 1 aliphatic rings. The quantitative estimate of drug-likeness (QED) is 0.780. The van der Waals surface area contributed by atoms with Crippen molar-refractivity contribution in [1.29, 1.82) is 0 Å². The van der Waals surface area contributed by atoms with E-state index in [1.807, 2.05) is 6.07 Å². The molecule has 1 fully saturated rings. The number of ether oxygens (including phenoxy) is 3. The highest BCUT2D eigenvalue weighted by Gasteiger charge is 2.22. The first-order valence-corrected chi connectivity index (χ1v) is 8.82. The van der Waals surface area contributed by atoms with Gasteiger partial charge in [-0.3, -0.25) is 5.32 Å². The van der Waals surface area contributed by atoms with E-state index >= 15 is 0 Å².